The molecule has 1 aliphatic carbocycles. The number of carbonyl (C=O) groups excluding carboxylic acids is 5. The zero-order chi connectivity index (χ0) is 40.6. The van der Waals surface area contributed by atoms with Gasteiger partial charge in [0.2, 0.25) is 17.7 Å². The second kappa shape index (κ2) is 18.8. The van der Waals surface area contributed by atoms with E-state index in [1.165, 1.54) is 0 Å². The number of pyridine rings is 1. The molecule has 1 aliphatic heterocycles. The van der Waals surface area contributed by atoms with Crippen molar-refractivity contribution in [2.24, 2.45) is 29.2 Å². The largest absolute Gasteiger partial charge is 0.458 e. The lowest BCUT2D eigenvalue weighted by molar-refractivity contribution is -0.157. The van der Waals surface area contributed by atoms with Gasteiger partial charge >= 0.3 is 5.97 Å². The van der Waals surface area contributed by atoms with E-state index in [4.69, 9.17) is 16.2 Å². The number of esters is 1. The fraction of sp³-hybridized carbons (Fsp3) is 0.535. The SMILES string of the molecule is CC(C)[C@@H](N)C(=O)O[C@H](CN1C[C@H]2CCCC[C@H]2C[C@H]1C(=O)NC(C)(C)C)[C@H](Cc1ccccc1)NC(=O)[C@H](CC(N)=O)NC(=O)c1ccc2ccccc2n1. The van der Waals surface area contributed by atoms with Crippen molar-refractivity contribution in [1.29, 1.82) is 0 Å². The summed E-state index contributed by atoms with van der Waals surface area (Å²) >= 11 is 0. The summed E-state index contributed by atoms with van der Waals surface area (Å²) in [5.74, 6) is -2.34. The molecule has 2 aliphatic rings. The normalized spacial score (nSPS) is 20.9. The topological polar surface area (TPSA) is 199 Å². The first-order valence-electron chi connectivity index (χ1n) is 19.9. The van der Waals surface area contributed by atoms with Gasteiger partial charge in [-0.1, -0.05) is 87.7 Å². The van der Waals surface area contributed by atoms with Crippen molar-refractivity contribution >= 4 is 40.5 Å². The number of aromatic nitrogens is 1. The van der Waals surface area contributed by atoms with Crippen molar-refractivity contribution in [2.45, 2.75) is 115 Å². The number of benzene rings is 2. The maximum absolute atomic E-state index is 14.3. The molecule has 2 aromatic carbocycles. The lowest BCUT2D eigenvalue weighted by atomic mass is 9.72. The Morgan fingerprint density at radius 1 is 0.911 bits per heavy atom. The molecular weight excluding hydrogens is 711 g/mol. The molecule has 1 aromatic heterocycles. The molecule has 56 heavy (non-hydrogen) atoms. The number of hydrogen-bond donors (Lipinski definition) is 5. The van der Waals surface area contributed by atoms with Crippen molar-refractivity contribution in [3.63, 3.8) is 0 Å². The third-order valence-electron chi connectivity index (χ3n) is 10.9. The predicted molar refractivity (Wildman–Crippen MR) is 215 cm³/mol. The van der Waals surface area contributed by atoms with Crippen LogP contribution < -0.4 is 27.4 Å². The molecule has 0 bridgehead atoms. The molecule has 2 heterocycles. The highest BCUT2D eigenvalue weighted by atomic mass is 16.5. The van der Waals surface area contributed by atoms with Crippen LogP contribution in [0.1, 0.15) is 89.2 Å². The summed E-state index contributed by atoms with van der Waals surface area (Å²) < 4.78 is 6.29. The first-order chi connectivity index (χ1) is 26.6. The summed E-state index contributed by atoms with van der Waals surface area (Å²) in [7, 11) is 0. The van der Waals surface area contributed by atoms with Gasteiger partial charge in [0.15, 0.2) is 0 Å². The standard InChI is InChI=1S/C43H59N7O6/c1-26(2)38(45)42(55)56-36(25-50-24-30-17-10-9-16-29(30)22-35(50)41(54)49-43(3,4)5)33(21-27-13-7-6-8-14-27)47-40(53)34(23-37(44)51)48-39(52)32-20-19-28-15-11-12-18-31(28)46-32/h6-8,11-15,18-20,26,29-30,33-36,38H,9-10,16-17,21-25,45H2,1-5H3,(H2,44,51)(H,47,53)(H,48,52)(H,49,54)/t29-,30+,33-,34-,35-,36+,38+/m0/s1. The zero-order valence-corrected chi connectivity index (χ0v) is 33.3. The Morgan fingerprint density at radius 3 is 2.27 bits per heavy atom. The molecule has 3 aromatic rings. The van der Waals surface area contributed by atoms with Crippen LogP contribution >= 0.6 is 0 Å². The number of fused-ring (bicyclic) bond motifs is 2. The van der Waals surface area contributed by atoms with Crippen molar-refractivity contribution < 1.29 is 28.7 Å². The number of amides is 4. The van der Waals surface area contributed by atoms with E-state index < -0.39 is 65.9 Å². The van der Waals surface area contributed by atoms with Gasteiger partial charge in [-0.05, 0) is 75.5 Å². The van der Waals surface area contributed by atoms with Gasteiger partial charge in [-0.3, -0.25) is 28.9 Å². The Labute approximate surface area is 330 Å². The number of ether oxygens (including phenoxy) is 1. The molecule has 1 saturated heterocycles. The first kappa shape index (κ1) is 42.3. The lowest BCUT2D eigenvalue weighted by Gasteiger charge is -2.47. The lowest BCUT2D eigenvalue weighted by Crippen LogP contribution is -2.62. The van der Waals surface area contributed by atoms with E-state index in [1.807, 2.05) is 77.1 Å². The Bertz CT molecular complexity index is 1850. The van der Waals surface area contributed by atoms with Crippen LogP contribution in [0.15, 0.2) is 66.7 Å². The minimum atomic E-state index is -1.37. The third-order valence-corrected chi connectivity index (χ3v) is 10.9. The Kier molecular flexibility index (Phi) is 14.2. The maximum atomic E-state index is 14.3. The highest BCUT2D eigenvalue weighted by Gasteiger charge is 2.43. The summed E-state index contributed by atoms with van der Waals surface area (Å²) in [6.07, 6.45) is 3.78. The van der Waals surface area contributed by atoms with E-state index >= 15 is 0 Å². The number of hydrogen-bond acceptors (Lipinski definition) is 9. The summed E-state index contributed by atoms with van der Waals surface area (Å²) in [5, 5.41) is 9.70. The molecular formula is C43H59N7O6. The van der Waals surface area contributed by atoms with Gasteiger partial charge in [-0.25, -0.2) is 4.98 Å². The van der Waals surface area contributed by atoms with E-state index in [1.54, 1.807) is 24.3 Å². The number of para-hydroxylation sites is 1. The molecule has 13 heteroatoms. The van der Waals surface area contributed by atoms with E-state index in [9.17, 15) is 24.0 Å². The maximum Gasteiger partial charge on any atom is 0.323 e. The Hall–Kier alpha value is -4.88. The van der Waals surface area contributed by atoms with Crippen LogP contribution in [0.25, 0.3) is 10.9 Å². The minimum absolute atomic E-state index is 0.0620. The van der Waals surface area contributed by atoms with Crippen molar-refractivity contribution in [2.75, 3.05) is 13.1 Å². The van der Waals surface area contributed by atoms with E-state index in [0.29, 0.717) is 30.3 Å². The van der Waals surface area contributed by atoms with Gasteiger partial charge in [0.25, 0.3) is 5.91 Å². The molecule has 0 radical (unpaired) electrons. The first-order valence-corrected chi connectivity index (χ1v) is 19.9. The summed E-state index contributed by atoms with van der Waals surface area (Å²) in [6, 6.07) is 16.4. The van der Waals surface area contributed by atoms with Crippen molar-refractivity contribution in [1.82, 2.24) is 25.8 Å². The number of carbonyl (C=O) groups is 5. The number of nitrogens with two attached hydrogens (primary N) is 2. The van der Waals surface area contributed by atoms with Crippen LogP contribution in [-0.4, -0.2) is 88.4 Å². The summed E-state index contributed by atoms with van der Waals surface area (Å²) in [4.78, 5) is 74.4. The average molecular weight is 770 g/mol. The highest BCUT2D eigenvalue weighted by molar-refractivity contribution is 5.99. The zero-order valence-electron chi connectivity index (χ0n) is 33.3. The fourth-order valence-electron chi connectivity index (χ4n) is 7.87. The van der Waals surface area contributed by atoms with Gasteiger partial charge in [0.05, 0.1) is 24.0 Å². The smallest absolute Gasteiger partial charge is 0.323 e. The van der Waals surface area contributed by atoms with Crippen LogP contribution in [0.2, 0.25) is 0 Å². The third kappa shape index (κ3) is 11.6. The van der Waals surface area contributed by atoms with Gasteiger partial charge in [-0.2, -0.15) is 0 Å². The van der Waals surface area contributed by atoms with Crippen LogP contribution in [0, 0.1) is 17.8 Å². The second-order valence-electron chi connectivity index (χ2n) is 16.9. The number of rotatable bonds is 15. The molecule has 13 nitrogen and oxygen atoms in total. The number of primary amides is 1. The number of nitrogens with zero attached hydrogens (tertiary/aromatic N) is 2. The molecule has 0 spiro atoms. The van der Waals surface area contributed by atoms with Gasteiger partial charge < -0.3 is 32.2 Å². The number of likely N-dealkylation sites (tertiary alicyclic amines) is 1. The van der Waals surface area contributed by atoms with Crippen molar-refractivity contribution in [3.8, 4) is 0 Å². The van der Waals surface area contributed by atoms with Gasteiger partial charge in [0.1, 0.15) is 23.9 Å². The van der Waals surface area contributed by atoms with Crippen LogP contribution in [0.5, 0.6) is 0 Å². The van der Waals surface area contributed by atoms with Crippen molar-refractivity contribution in [3.05, 3.63) is 78.0 Å². The predicted octanol–water partition coefficient (Wildman–Crippen LogP) is 3.63. The Balaban J connectivity index is 1.48. The number of piperidine rings is 1. The molecule has 302 valence electrons. The summed E-state index contributed by atoms with van der Waals surface area (Å²) in [6.45, 7) is 10.3. The van der Waals surface area contributed by atoms with Crippen LogP contribution in [-0.2, 0) is 30.3 Å². The van der Waals surface area contributed by atoms with Crippen LogP contribution in [0.3, 0.4) is 0 Å². The molecule has 5 rings (SSSR count). The minimum Gasteiger partial charge on any atom is -0.458 e. The Morgan fingerprint density at radius 2 is 1.59 bits per heavy atom. The molecule has 2 fully saturated rings. The van der Waals surface area contributed by atoms with E-state index in [2.05, 4.69) is 25.8 Å². The van der Waals surface area contributed by atoms with E-state index in [0.717, 1.165) is 36.6 Å². The quantitative estimate of drug-likeness (QED) is 0.143. The molecule has 4 amide bonds. The second-order valence-corrected chi connectivity index (χ2v) is 16.9. The molecule has 7 atom stereocenters. The van der Waals surface area contributed by atoms with Gasteiger partial charge in [-0.15, -0.1) is 0 Å². The van der Waals surface area contributed by atoms with Gasteiger partial charge in [0, 0.05) is 24.0 Å². The highest BCUT2D eigenvalue weighted by Crippen LogP contribution is 2.39. The number of nitrogens with one attached hydrogen (secondary N) is 3. The molecule has 1 saturated carbocycles. The fourth-order valence-corrected chi connectivity index (χ4v) is 7.87. The monoisotopic (exact) mass is 769 g/mol. The summed E-state index contributed by atoms with van der Waals surface area (Å²) in [5.41, 5.74) is 13.0. The molecule has 0 unspecified atom stereocenters. The molecule has 7 N–H and O–H groups in total. The van der Waals surface area contributed by atoms with E-state index in [-0.39, 0.29) is 30.5 Å². The average Bonchev–Trinajstić information content (AvgIpc) is 3.15. The van der Waals surface area contributed by atoms with Crippen LogP contribution in [0.4, 0.5) is 0 Å².